The van der Waals surface area contributed by atoms with Crippen molar-refractivity contribution in [3.63, 3.8) is 0 Å². The molecule has 1 aliphatic carbocycles. The van der Waals surface area contributed by atoms with E-state index in [2.05, 4.69) is 10.3 Å². The summed E-state index contributed by atoms with van der Waals surface area (Å²) in [5.74, 6) is 1.66. The zero-order valence-corrected chi connectivity index (χ0v) is 8.29. The van der Waals surface area contributed by atoms with Crippen molar-refractivity contribution in [1.82, 2.24) is 4.98 Å². The van der Waals surface area contributed by atoms with Gasteiger partial charge in [-0.1, -0.05) is 0 Å². The summed E-state index contributed by atoms with van der Waals surface area (Å²) < 4.78 is 5.68. The van der Waals surface area contributed by atoms with Gasteiger partial charge in [0.2, 0.25) is 0 Å². The van der Waals surface area contributed by atoms with E-state index in [4.69, 9.17) is 10.5 Å². The van der Waals surface area contributed by atoms with E-state index in [1.807, 2.05) is 13.1 Å². The van der Waals surface area contributed by atoms with Crippen molar-refractivity contribution in [1.29, 1.82) is 0 Å². The lowest BCUT2D eigenvalue weighted by atomic mass is 10.2. The van der Waals surface area contributed by atoms with E-state index in [1.165, 1.54) is 0 Å². The van der Waals surface area contributed by atoms with E-state index < -0.39 is 0 Å². The molecule has 0 saturated heterocycles. The predicted octanol–water partition coefficient (Wildman–Crippen LogP) is 1.12. The highest BCUT2D eigenvalue weighted by Gasteiger charge is 2.24. The molecular formula is C10H15N3O. The molecule has 1 aromatic rings. The van der Waals surface area contributed by atoms with Crippen LogP contribution < -0.4 is 15.8 Å². The van der Waals surface area contributed by atoms with E-state index in [9.17, 15) is 0 Å². The van der Waals surface area contributed by atoms with Crippen LogP contribution in [0.2, 0.25) is 0 Å². The summed E-state index contributed by atoms with van der Waals surface area (Å²) in [4.78, 5) is 4.19. The van der Waals surface area contributed by atoms with E-state index in [0.717, 1.165) is 30.0 Å². The number of nitrogens with two attached hydrogens (primary N) is 1. The molecule has 1 fully saturated rings. The molecular weight excluding hydrogens is 178 g/mol. The molecule has 1 aliphatic rings. The van der Waals surface area contributed by atoms with Gasteiger partial charge in [-0.15, -0.1) is 0 Å². The number of aromatic nitrogens is 1. The highest BCUT2D eigenvalue weighted by molar-refractivity contribution is 5.43. The molecule has 4 heteroatoms. The number of nitrogens with one attached hydrogen (secondary N) is 1. The monoisotopic (exact) mass is 193 g/mol. The number of anilines is 1. The van der Waals surface area contributed by atoms with Crippen LogP contribution in [0.4, 0.5) is 5.82 Å². The molecule has 1 aromatic heterocycles. The maximum Gasteiger partial charge on any atom is 0.142 e. The minimum atomic E-state index is 0.391. The Balaban J connectivity index is 2.19. The van der Waals surface area contributed by atoms with E-state index in [0.29, 0.717) is 12.6 Å². The van der Waals surface area contributed by atoms with Gasteiger partial charge < -0.3 is 15.8 Å². The van der Waals surface area contributed by atoms with Gasteiger partial charge in [0.05, 0.1) is 12.3 Å². The van der Waals surface area contributed by atoms with Gasteiger partial charge >= 0.3 is 0 Å². The van der Waals surface area contributed by atoms with Crippen LogP contribution >= 0.6 is 0 Å². The standard InChI is InChI=1S/C10H15N3O/c1-12-10-4-7(5-11)9(6-13-10)14-8-2-3-8/h4,6,8H,2-3,5,11H2,1H3,(H,12,13). The summed E-state index contributed by atoms with van der Waals surface area (Å²) in [6.07, 6.45) is 4.43. The molecule has 2 rings (SSSR count). The van der Waals surface area contributed by atoms with Crippen molar-refractivity contribution in [3.05, 3.63) is 17.8 Å². The Morgan fingerprint density at radius 3 is 3.00 bits per heavy atom. The summed E-state index contributed by atoms with van der Waals surface area (Å²) >= 11 is 0. The Bertz CT molecular complexity index is 323. The van der Waals surface area contributed by atoms with Crippen LogP contribution in [0, 0.1) is 0 Å². The van der Waals surface area contributed by atoms with E-state index in [1.54, 1.807) is 6.20 Å². The van der Waals surface area contributed by atoms with E-state index >= 15 is 0 Å². The fourth-order valence-corrected chi connectivity index (χ4v) is 1.25. The first-order chi connectivity index (χ1) is 6.83. The largest absolute Gasteiger partial charge is 0.488 e. The van der Waals surface area contributed by atoms with Crippen molar-refractivity contribution >= 4 is 5.82 Å². The second-order valence-corrected chi connectivity index (χ2v) is 3.45. The van der Waals surface area contributed by atoms with Crippen LogP contribution in [0.5, 0.6) is 5.75 Å². The van der Waals surface area contributed by atoms with Crippen LogP contribution in [0.25, 0.3) is 0 Å². The molecule has 14 heavy (non-hydrogen) atoms. The average Bonchev–Trinajstić information content (AvgIpc) is 3.02. The highest BCUT2D eigenvalue weighted by Crippen LogP contribution is 2.29. The zero-order chi connectivity index (χ0) is 9.97. The number of nitrogens with zero attached hydrogens (tertiary/aromatic N) is 1. The van der Waals surface area contributed by atoms with Gasteiger partial charge in [0.25, 0.3) is 0 Å². The maximum atomic E-state index is 5.68. The Hall–Kier alpha value is -1.29. The average molecular weight is 193 g/mol. The Morgan fingerprint density at radius 1 is 1.64 bits per heavy atom. The molecule has 0 radical (unpaired) electrons. The SMILES string of the molecule is CNc1cc(CN)c(OC2CC2)cn1. The van der Waals surface area contributed by atoms with Gasteiger partial charge in [-0.05, 0) is 18.9 Å². The normalized spacial score (nSPS) is 15.3. The number of rotatable bonds is 4. The number of ether oxygens (including phenoxy) is 1. The molecule has 76 valence electrons. The summed E-state index contributed by atoms with van der Waals surface area (Å²) in [5.41, 5.74) is 6.65. The Labute approximate surface area is 83.5 Å². The maximum absolute atomic E-state index is 5.68. The van der Waals surface area contributed by atoms with Crippen LogP contribution in [0.1, 0.15) is 18.4 Å². The Kier molecular flexibility index (Phi) is 2.54. The molecule has 0 atom stereocenters. The van der Waals surface area contributed by atoms with Crippen LogP contribution in [0.3, 0.4) is 0 Å². The van der Waals surface area contributed by atoms with Crippen LogP contribution in [0.15, 0.2) is 12.3 Å². The van der Waals surface area contributed by atoms with Crippen molar-refractivity contribution < 1.29 is 4.74 Å². The van der Waals surface area contributed by atoms with Crippen LogP contribution in [-0.2, 0) is 6.54 Å². The predicted molar refractivity (Wildman–Crippen MR) is 55.3 cm³/mol. The molecule has 0 spiro atoms. The number of hydrogen-bond donors (Lipinski definition) is 2. The molecule has 3 N–H and O–H groups in total. The topological polar surface area (TPSA) is 60.2 Å². The fourth-order valence-electron chi connectivity index (χ4n) is 1.25. The van der Waals surface area contributed by atoms with Crippen molar-refractivity contribution in [3.8, 4) is 5.75 Å². The second-order valence-electron chi connectivity index (χ2n) is 3.45. The summed E-state index contributed by atoms with van der Waals surface area (Å²) in [7, 11) is 1.84. The van der Waals surface area contributed by atoms with Gasteiger partial charge in [0.15, 0.2) is 0 Å². The van der Waals surface area contributed by atoms with Gasteiger partial charge in [-0.25, -0.2) is 4.98 Å². The molecule has 0 bridgehead atoms. The van der Waals surface area contributed by atoms with Gasteiger partial charge in [0.1, 0.15) is 11.6 Å². The van der Waals surface area contributed by atoms with Crippen LogP contribution in [-0.4, -0.2) is 18.1 Å². The molecule has 0 unspecified atom stereocenters. The lowest BCUT2D eigenvalue weighted by Crippen LogP contribution is -2.05. The number of pyridine rings is 1. The van der Waals surface area contributed by atoms with Gasteiger partial charge in [-0.3, -0.25) is 0 Å². The van der Waals surface area contributed by atoms with Gasteiger partial charge in [0, 0.05) is 19.2 Å². The minimum absolute atomic E-state index is 0.391. The van der Waals surface area contributed by atoms with E-state index in [-0.39, 0.29) is 0 Å². The highest BCUT2D eigenvalue weighted by atomic mass is 16.5. The van der Waals surface area contributed by atoms with Gasteiger partial charge in [-0.2, -0.15) is 0 Å². The fraction of sp³-hybridized carbons (Fsp3) is 0.500. The van der Waals surface area contributed by atoms with Crippen molar-refractivity contribution in [2.45, 2.75) is 25.5 Å². The quantitative estimate of drug-likeness (QED) is 0.752. The molecule has 1 heterocycles. The molecule has 1 saturated carbocycles. The number of hydrogen-bond acceptors (Lipinski definition) is 4. The van der Waals surface area contributed by atoms with Crippen molar-refractivity contribution in [2.24, 2.45) is 5.73 Å². The zero-order valence-electron chi connectivity index (χ0n) is 8.29. The Morgan fingerprint density at radius 2 is 2.43 bits per heavy atom. The summed E-state index contributed by atoms with van der Waals surface area (Å²) in [5, 5.41) is 2.98. The lowest BCUT2D eigenvalue weighted by Gasteiger charge is -2.10. The first kappa shape index (κ1) is 9.27. The minimum Gasteiger partial charge on any atom is -0.488 e. The molecule has 0 amide bonds. The lowest BCUT2D eigenvalue weighted by molar-refractivity contribution is 0.299. The third kappa shape index (κ3) is 1.96. The first-order valence-corrected chi connectivity index (χ1v) is 4.87. The third-order valence-corrected chi connectivity index (χ3v) is 2.24. The third-order valence-electron chi connectivity index (χ3n) is 2.24. The molecule has 0 aliphatic heterocycles. The molecule has 0 aromatic carbocycles. The summed E-state index contributed by atoms with van der Waals surface area (Å²) in [6, 6.07) is 1.93. The first-order valence-electron chi connectivity index (χ1n) is 4.87. The summed E-state index contributed by atoms with van der Waals surface area (Å²) in [6.45, 7) is 0.485. The molecule has 4 nitrogen and oxygen atoms in total. The van der Waals surface area contributed by atoms with Crippen molar-refractivity contribution in [2.75, 3.05) is 12.4 Å². The second kappa shape index (κ2) is 3.84. The smallest absolute Gasteiger partial charge is 0.142 e.